The quantitative estimate of drug-likeness (QED) is 0.657. The summed E-state index contributed by atoms with van der Waals surface area (Å²) in [5.41, 5.74) is 5.00. The minimum absolute atomic E-state index is 0.177. The summed E-state index contributed by atoms with van der Waals surface area (Å²) in [5, 5.41) is 3.26. The lowest BCUT2D eigenvalue weighted by atomic mass is 9.84. The van der Waals surface area contributed by atoms with Crippen LogP contribution in [0.4, 0.5) is 0 Å². The molecule has 3 heteroatoms. The first-order chi connectivity index (χ1) is 5.71. The molecule has 1 amide bonds. The second-order valence-electron chi connectivity index (χ2n) is 3.58. The molecule has 0 bridgehead atoms. The number of nitrogens with two attached hydrogens (primary N) is 1. The van der Waals surface area contributed by atoms with Crippen LogP contribution in [0.15, 0.2) is 0 Å². The Morgan fingerprint density at radius 2 is 2.33 bits per heavy atom. The zero-order chi connectivity index (χ0) is 9.03. The molecule has 1 aliphatic rings. The SMILES string of the molecule is CCCC1(C(N)=O)CCCCN1. The fourth-order valence-electron chi connectivity index (χ4n) is 1.94. The molecule has 1 heterocycles. The van der Waals surface area contributed by atoms with E-state index < -0.39 is 0 Å². The van der Waals surface area contributed by atoms with E-state index in [1.165, 1.54) is 6.42 Å². The van der Waals surface area contributed by atoms with Crippen molar-refractivity contribution in [2.45, 2.75) is 44.6 Å². The smallest absolute Gasteiger partial charge is 0.237 e. The number of primary amides is 1. The Hall–Kier alpha value is -0.570. The van der Waals surface area contributed by atoms with Crippen LogP contribution in [-0.4, -0.2) is 18.0 Å². The summed E-state index contributed by atoms with van der Waals surface area (Å²) in [7, 11) is 0. The normalized spacial score (nSPS) is 30.1. The maximum absolute atomic E-state index is 11.2. The van der Waals surface area contributed by atoms with Gasteiger partial charge in [-0.25, -0.2) is 0 Å². The Morgan fingerprint density at radius 1 is 1.58 bits per heavy atom. The highest BCUT2D eigenvalue weighted by Crippen LogP contribution is 2.23. The molecule has 1 fully saturated rings. The average Bonchev–Trinajstić information content (AvgIpc) is 2.06. The molecule has 1 aliphatic heterocycles. The van der Waals surface area contributed by atoms with E-state index in [0.29, 0.717) is 0 Å². The van der Waals surface area contributed by atoms with Crippen LogP contribution in [0.25, 0.3) is 0 Å². The number of carbonyl (C=O) groups is 1. The third-order valence-electron chi connectivity index (χ3n) is 2.64. The van der Waals surface area contributed by atoms with Crippen molar-refractivity contribution < 1.29 is 4.79 Å². The van der Waals surface area contributed by atoms with Gasteiger partial charge in [-0.3, -0.25) is 4.79 Å². The Bertz CT molecular complexity index is 156. The summed E-state index contributed by atoms with van der Waals surface area (Å²) in [4.78, 5) is 11.2. The van der Waals surface area contributed by atoms with E-state index in [9.17, 15) is 4.79 Å². The van der Waals surface area contributed by atoms with Gasteiger partial charge in [0.1, 0.15) is 0 Å². The van der Waals surface area contributed by atoms with Crippen LogP contribution in [0.2, 0.25) is 0 Å². The summed E-state index contributed by atoms with van der Waals surface area (Å²) in [5.74, 6) is -0.177. The van der Waals surface area contributed by atoms with Crippen LogP contribution in [0.5, 0.6) is 0 Å². The molecular weight excluding hydrogens is 152 g/mol. The van der Waals surface area contributed by atoms with Crippen molar-refractivity contribution >= 4 is 5.91 Å². The molecule has 0 aliphatic carbocycles. The Morgan fingerprint density at radius 3 is 2.75 bits per heavy atom. The highest BCUT2D eigenvalue weighted by molar-refractivity contribution is 5.84. The van der Waals surface area contributed by atoms with Gasteiger partial charge in [0, 0.05) is 0 Å². The molecule has 1 rings (SSSR count). The largest absolute Gasteiger partial charge is 0.368 e. The van der Waals surface area contributed by atoms with E-state index in [2.05, 4.69) is 12.2 Å². The molecule has 0 aromatic carbocycles. The summed E-state index contributed by atoms with van der Waals surface area (Å²) < 4.78 is 0. The Labute approximate surface area is 73.7 Å². The van der Waals surface area contributed by atoms with E-state index in [4.69, 9.17) is 5.73 Å². The number of rotatable bonds is 3. The van der Waals surface area contributed by atoms with Gasteiger partial charge in [0.05, 0.1) is 5.54 Å². The predicted molar refractivity (Wildman–Crippen MR) is 48.7 cm³/mol. The van der Waals surface area contributed by atoms with Crippen molar-refractivity contribution in [1.29, 1.82) is 0 Å². The molecular formula is C9H18N2O. The summed E-state index contributed by atoms with van der Waals surface area (Å²) >= 11 is 0. The lowest BCUT2D eigenvalue weighted by molar-refractivity contribution is -0.125. The Balaban J connectivity index is 2.63. The molecule has 3 nitrogen and oxygen atoms in total. The van der Waals surface area contributed by atoms with Crippen LogP contribution >= 0.6 is 0 Å². The summed E-state index contributed by atoms with van der Waals surface area (Å²) in [6.07, 6.45) is 5.09. The van der Waals surface area contributed by atoms with Crippen LogP contribution in [0.1, 0.15) is 39.0 Å². The van der Waals surface area contributed by atoms with Crippen molar-refractivity contribution in [2.75, 3.05) is 6.54 Å². The van der Waals surface area contributed by atoms with Gasteiger partial charge < -0.3 is 11.1 Å². The molecule has 70 valence electrons. The molecule has 0 aromatic rings. The van der Waals surface area contributed by atoms with Gasteiger partial charge in [-0.1, -0.05) is 13.3 Å². The molecule has 0 radical (unpaired) electrons. The second kappa shape index (κ2) is 3.90. The van der Waals surface area contributed by atoms with Crippen LogP contribution in [-0.2, 0) is 4.79 Å². The highest BCUT2D eigenvalue weighted by Gasteiger charge is 2.36. The lowest BCUT2D eigenvalue weighted by Crippen LogP contribution is -2.57. The van der Waals surface area contributed by atoms with Crippen molar-refractivity contribution in [3.05, 3.63) is 0 Å². The topological polar surface area (TPSA) is 55.1 Å². The van der Waals surface area contributed by atoms with E-state index in [0.717, 1.165) is 32.2 Å². The molecule has 0 aromatic heterocycles. The predicted octanol–water partition coefficient (Wildman–Crippen LogP) is 0.784. The van der Waals surface area contributed by atoms with E-state index in [1.807, 2.05) is 0 Å². The van der Waals surface area contributed by atoms with Crippen LogP contribution in [0.3, 0.4) is 0 Å². The third kappa shape index (κ3) is 1.78. The van der Waals surface area contributed by atoms with Gasteiger partial charge in [0.15, 0.2) is 0 Å². The fraction of sp³-hybridized carbons (Fsp3) is 0.889. The first kappa shape index (κ1) is 9.52. The number of hydrogen-bond acceptors (Lipinski definition) is 2. The lowest BCUT2D eigenvalue weighted by Gasteiger charge is -2.35. The van der Waals surface area contributed by atoms with Gasteiger partial charge in [-0.15, -0.1) is 0 Å². The van der Waals surface area contributed by atoms with Gasteiger partial charge in [-0.2, -0.15) is 0 Å². The number of nitrogens with one attached hydrogen (secondary N) is 1. The highest BCUT2D eigenvalue weighted by atomic mass is 16.1. The summed E-state index contributed by atoms with van der Waals surface area (Å²) in [6.45, 7) is 3.02. The number of hydrogen-bond donors (Lipinski definition) is 2. The zero-order valence-corrected chi connectivity index (χ0v) is 7.73. The average molecular weight is 170 g/mol. The molecule has 1 atom stereocenters. The maximum atomic E-state index is 11.2. The van der Waals surface area contributed by atoms with Crippen LogP contribution < -0.4 is 11.1 Å². The van der Waals surface area contributed by atoms with E-state index >= 15 is 0 Å². The van der Waals surface area contributed by atoms with Gasteiger partial charge in [-0.05, 0) is 32.2 Å². The fourth-order valence-corrected chi connectivity index (χ4v) is 1.94. The van der Waals surface area contributed by atoms with Crippen molar-refractivity contribution in [2.24, 2.45) is 5.73 Å². The van der Waals surface area contributed by atoms with Crippen molar-refractivity contribution in [3.8, 4) is 0 Å². The number of amides is 1. The van der Waals surface area contributed by atoms with Gasteiger partial charge in [0.2, 0.25) is 5.91 Å². The third-order valence-corrected chi connectivity index (χ3v) is 2.64. The molecule has 1 unspecified atom stereocenters. The monoisotopic (exact) mass is 170 g/mol. The van der Waals surface area contributed by atoms with Gasteiger partial charge >= 0.3 is 0 Å². The van der Waals surface area contributed by atoms with E-state index in [1.54, 1.807) is 0 Å². The minimum atomic E-state index is -0.382. The molecule has 0 spiro atoms. The Kier molecular flexibility index (Phi) is 3.09. The summed E-state index contributed by atoms with van der Waals surface area (Å²) in [6, 6.07) is 0. The molecule has 12 heavy (non-hydrogen) atoms. The van der Waals surface area contributed by atoms with Crippen LogP contribution in [0, 0.1) is 0 Å². The second-order valence-corrected chi connectivity index (χ2v) is 3.58. The number of piperidine rings is 1. The molecule has 0 saturated carbocycles. The first-order valence-electron chi connectivity index (χ1n) is 4.76. The van der Waals surface area contributed by atoms with E-state index in [-0.39, 0.29) is 11.4 Å². The molecule has 1 saturated heterocycles. The maximum Gasteiger partial charge on any atom is 0.237 e. The standard InChI is InChI=1S/C9H18N2O/c1-2-5-9(8(10)12)6-3-4-7-11-9/h11H,2-7H2,1H3,(H2,10,12). The van der Waals surface area contributed by atoms with Gasteiger partial charge in [0.25, 0.3) is 0 Å². The van der Waals surface area contributed by atoms with Crippen molar-refractivity contribution in [3.63, 3.8) is 0 Å². The minimum Gasteiger partial charge on any atom is -0.368 e. The first-order valence-corrected chi connectivity index (χ1v) is 4.76. The zero-order valence-electron chi connectivity index (χ0n) is 7.73. The van der Waals surface area contributed by atoms with Crippen molar-refractivity contribution in [1.82, 2.24) is 5.32 Å². The molecule has 3 N–H and O–H groups in total. The number of carbonyl (C=O) groups excluding carboxylic acids is 1.